The summed E-state index contributed by atoms with van der Waals surface area (Å²) in [6.45, 7) is 6.08. The molecule has 1 atom stereocenters. The van der Waals surface area contributed by atoms with Crippen molar-refractivity contribution in [1.29, 1.82) is 0 Å². The van der Waals surface area contributed by atoms with Crippen LogP contribution in [-0.4, -0.2) is 35.4 Å². The van der Waals surface area contributed by atoms with Crippen molar-refractivity contribution < 1.29 is 19.4 Å². The normalized spacial score (nSPS) is 17.8. The van der Waals surface area contributed by atoms with Crippen molar-refractivity contribution in [2.75, 3.05) is 13.7 Å². The van der Waals surface area contributed by atoms with Crippen LogP contribution in [0.1, 0.15) is 45.2 Å². The van der Waals surface area contributed by atoms with Crippen molar-refractivity contribution in [2.24, 2.45) is 5.92 Å². The highest BCUT2D eigenvalue weighted by Crippen LogP contribution is 2.39. The van der Waals surface area contributed by atoms with Gasteiger partial charge in [0.15, 0.2) is 11.5 Å². The molecule has 0 spiro atoms. The molecule has 0 saturated carbocycles. The van der Waals surface area contributed by atoms with Gasteiger partial charge in [0, 0.05) is 12.5 Å². The third kappa shape index (κ3) is 3.30. The monoisotopic (exact) mass is 331 g/mol. The molecule has 0 aromatic heterocycles. The number of ketones is 1. The van der Waals surface area contributed by atoms with Gasteiger partial charge in [-0.25, -0.2) is 0 Å². The summed E-state index contributed by atoms with van der Waals surface area (Å²) in [5.41, 5.74) is 1.00. The lowest BCUT2D eigenvalue weighted by Crippen LogP contribution is -2.32. The summed E-state index contributed by atoms with van der Waals surface area (Å²) in [6.07, 6.45) is 1.74. The molecule has 24 heavy (non-hydrogen) atoms. The first kappa shape index (κ1) is 18.0. The third-order valence-corrected chi connectivity index (χ3v) is 4.28. The molecule has 1 aliphatic heterocycles. The Labute approximate surface area is 142 Å². The Kier molecular flexibility index (Phi) is 5.65. The van der Waals surface area contributed by atoms with Crippen molar-refractivity contribution in [3.63, 3.8) is 0 Å². The molecule has 5 nitrogen and oxygen atoms in total. The lowest BCUT2D eigenvalue weighted by atomic mass is 9.91. The number of nitrogens with zero attached hydrogens (tertiary/aromatic N) is 1. The molecule has 1 unspecified atom stereocenters. The number of carbonyl (C=O) groups is 2. The maximum absolute atomic E-state index is 12.6. The van der Waals surface area contributed by atoms with E-state index in [0.717, 1.165) is 18.4 Å². The maximum atomic E-state index is 12.6. The Bertz CT molecular complexity index is 646. The zero-order valence-electron chi connectivity index (χ0n) is 14.7. The van der Waals surface area contributed by atoms with Crippen molar-refractivity contribution >= 4 is 11.7 Å². The predicted molar refractivity (Wildman–Crippen MR) is 91.9 cm³/mol. The van der Waals surface area contributed by atoms with Gasteiger partial charge >= 0.3 is 0 Å². The molecule has 1 aromatic carbocycles. The average molecular weight is 331 g/mol. The van der Waals surface area contributed by atoms with E-state index in [1.807, 2.05) is 19.1 Å². The van der Waals surface area contributed by atoms with E-state index >= 15 is 0 Å². The van der Waals surface area contributed by atoms with E-state index in [4.69, 9.17) is 4.74 Å². The third-order valence-electron chi connectivity index (χ3n) is 4.28. The number of amides is 1. The minimum Gasteiger partial charge on any atom is -0.503 e. The Hall–Kier alpha value is -2.30. The number of hydrogen-bond donors (Lipinski definition) is 1. The van der Waals surface area contributed by atoms with Gasteiger partial charge < -0.3 is 14.7 Å². The molecule has 2 rings (SSSR count). The molecule has 5 heteroatoms. The minimum absolute atomic E-state index is 0.194. The lowest BCUT2D eigenvalue weighted by Gasteiger charge is -2.27. The van der Waals surface area contributed by atoms with Crippen LogP contribution in [0.3, 0.4) is 0 Å². The number of aliphatic hydroxyl groups excluding tert-OH is 1. The van der Waals surface area contributed by atoms with Gasteiger partial charge in [0.2, 0.25) is 0 Å². The molecule has 1 N–H and O–H groups in total. The van der Waals surface area contributed by atoms with E-state index in [2.05, 4.69) is 0 Å². The number of unbranched alkanes of at least 4 members (excludes halogenated alkanes) is 1. The fourth-order valence-electron chi connectivity index (χ4n) is 2.91. The van der Waals surface area contributed by atoms with Gasteiger partial charge in [0.1, 0.15) is 5.75 Å². The minimum atomic E-state index is -0.537. The lowest BCUT2D eigenvalue weighted by molar-refractivity contribution is -0.129. The predicted octanol–water partition coefficient (Wildman–Crippen LogP) is 3.42. The highest BCUT2D eigenvalue weighted by molar-refractivity contribution is 6.09. The van der Waals surface area contributed by atoms with Crippen LogP contribution < -0.4 is 4.74 Å². The Morgan fingerprint density at radius 1 is 1.29 bits per heavy atom. The summed E-state index contributed by atoms with van der Waals surface area (Å²) in [7, 11) is 1.58. The van der Waals surface area contributed by atoms with Gasteiger partial charge in [-0.1, -0.05) is 39.3 Å². The second kappa shape index (κ2) is 7.51. The van der Waals surface area contributed by atoms with E-state index < -0.39 is 17.7 Å². The van der Waals surface area contributed by atoms with Gasteiger partial charge in [-0.2, -0.15) is 0 Å². The molecule has 1 aliphatic rings. The van der Waals surface area contributed by atoms with Gasteiger partial charge in [-0.3, -0.25) is 9.59 Å². The average Bonchev–Trinajstić information content (AvgIpc) is 2.83. The summed E-state index contributed by atoms with van der Waals surface area (Å²) in [5, 5.41) is 10.3. The first-order chi connectivity index (χ1) is 11.4. The molecule has 0 aliphatic carbocycles. The maximum Gasteiger partial charge on any atom is 0.290 e. The Balaban J connectivity index is 2.48. The molecule has 0 radical (unpaired) electrons. The van der Waals surface area contributed by atoms with Crippen LogP contribution in [-0.2, 0) is 9.59 Å². The van der Waals surface area contributed by atoms with Gasteiger partial charge in [0.05, 0.1) is 18.7 Å². The topological polar surface area (TPSA) is 66.8 Å². The van der Waals surface area contributed by atoms with Crippen LogP contribution in [0.5, 0.6) is 5.75 Å². The van der Waals surface area contributed by atoms with Gasteiger partial charge in [-0.15, -0.1) is 0 Å². The number of Topliss-reactive ketones (excluding diaryl/α,β-unsaturated/α-hetero) is 1. The number of methoxy groups -OCH3 is 1. The number of aliphatic hydroxyl groups is 1. The number of ether oxygens (including phenoxy) is 1. The Morgan fingerprint density at radius 2 is 1.92 bits per heavy atom. The molecular weight excluding hydrogens is 306 g/mol. The first-order valence-corrected chi connectivity index (χ1v) is 8.34. The molecule has 1 aromatic rings. The summed E-state index contributed by atoms with van der Waals surface area (Å²) in [5.74, 6) is -0.658. The highest BCUT2D eigenvalue weighted by atomic mass is 16.5. The van der Waals surface area contributed by atoms with Crippen LogP contribution >= 0.6 is 0 Å². The van der Waals surface area contributed by atoms with Crippen molar-refractivity contribution in [1.82, 2.24) is 4.90 Å². The van der Waals surface area contributed by atoms with Crippen LogP contribution in [0.25, 0.3) is 0 Å². The summed E-state index contributed by atoms with van der Waals surface area (Å²) < 4.78 is 5.17. The van der Waals surface area contributed by atoms with Crippen molar-refractivity contribution in [2.45, 2.75) is 39.7 Å². The second-order valence-electron chi connectivity index (χ2n) is 6.31. The number of hydrogen-bond acceptors (Lipinski definition) is 4. The fraction of sp³-hybridized carbons (Fsp3) is 0.474. The van der Waals surface area contributed by atoms with Crippen molar-refractivity contribution in [3.8, 4) is 5.75 Å². The first-order valence-electron chi connectivity index (χ1n) is 8.34. The molecule has 1 amide bonds. The van der Waals surface area contributed by atoms with E-state index in [1.54, 1.807) is 38.0 Å². The SMILES string of the molecule is CCCCN1C(=O)C(O)=C(C(=O)C(C)C)C1c1ccc(OC)cc1. The standard InChI is InChI=1S/C19H25NO4/c1-5-6-11-20-16(13-7-9-14(24-4)10-8-13)15(17(21)12(2)3)18(22)19(20)23/h7-10,12,16,22H,5-6,11H2,1-4H3. The highest BCUT2D eigenvalue weighted by Gasteiger charge is 2.43. The van der Waals surface area contributed by atoms with E-state index in [0.29, 0.717) is 12.3 Å². The number of benzene rings is 1. The van der Waals surface area contributed by atoms with Crippen LogP contribution in [0.4, 0.5) is 0 Å². The number of rotatable bonds is 7. The summed E-state index contributed by atoms with van der Waals surface area (Å²) >= 11 is 0. The molecular formula is C19H25NO4. The summed E-state index contributed by atoms with van der Waals surface area (Å²) in [6, 6.07) is 6.73. The van der Waals surface area contributed by atoms with Gasteiger partial charge in [0.25, 0.3) is 5.91 Å². The largest absolute Gasteiger partial charge is 0.503 e. The second-order valence-corrected chi connectivity index (χ2v) is 6.31. The smallest absolute Gasteiger partial charge is 0.290 e. The van der Waals surface area contributed by atoms with Crippen molar-refractivity contribution in [3.05, 3.63) is 41.2 Å². The fourth-order valence-corrected chi connectivity index (χ4v) is 2.91. The van der Waals surface area contributed by atoms with E-state index in [-0.39, 0.29) is 17.3 Å². The quantitative estimate of drug-likeness (QED) is 0.831. The van der Waals surface area contributed by atoms with Crippen LogP contribution in [0.2, 0.25) is 0 Å². The van der Waals surface area contributed by atoms with Crippen LogP contribution in [0, 0.1) is 5.92 Å². The number of carbonyl (C=O) groups excluding carboxylic acids is 2. The van der Waals surface area contributed by atoms with Gasteiger partial charge in [-0.05, 0) is 24.1 Å². The summed E-state index contributed by atoms with van der Waals surface area (Å²) in [4.78, 5) is 26.7. The van der Waals surface area contributed by atoms with Crippen LogP contribution in [0.15, 0.2) is 35.6 Å². The zero-order chi connectivity index (χ0) is 17.9. The Morgan fingerprint density at radius 3 is 2.42 bits per heavy atom. The molecule has 0 bridgehead atoms. The zero-order valence-corrected chi connectivity index (χ0v) is 14.7. The molecule has 1 heterocycles. The molecule has 130 valence electrons. The van der Waals surface area contributed by atoms with E-state index in [1.165, 1.54) is 0 Å². The molecule has 0 saturated heterocycles. The van der Waals surface area contributed by atoms with E-state index in [9.17, 15) is 14.7 Å². The molecule has 0 fully saturated rings.